The van der Waals surface area contributed by atoms with Crippen molar-refractivity contribution in [2.45, 2.75) is 13.0 Å². The molecule has 0 radical (unpaired) electrons. The third-order valence-corrected chi connectivity index (χ3v) is 4.36. The fourth-order valence-corrected chi connectivity index (χ4v) is 2.20. The van der Waals surface area contributed by atoms with Crippen LogP contribution >= 0.6 is 27.9 Å². The van der Waals surface area contributed by atoms with Gasteiger partial charge in [0.25, 0.3) is 0 Å². The van der Waals surface area contributed by atoms with Gasteiger partial charge in [-0.25, -0.2) is 0 Å². The van der Waals surface area contributed by atoms with Crippen molar-refractivity contribution < 1.29 is 5.11 Å². The maximum Gasteiger partial charge on any atom is 0.0655 e. The lowest BCUT2D eigenvalue weighted by molar-refractivity contribution is 0.261. The molecule has 92 valence electrons. The second kappa shape index (κ2) is 7.71. The Morgan fingerprint density at radius 3 is 2.71 bits per heavy atom. The highest BCUT2D eigenvalue weighted by atomic mass is 79.9. The zero-order valence-electron chi connectivity index (χ0n) is 9.69. The molecule has 0 spiro atoms. The van der Waals surface area contributed by atoms with Gasteiger partial charge in [-0.15, -0.1) is 0 Å². The van der Waals surface area contributed by atoms with E-state index in [4.69, 9.17) is 0 Å². The summed E-state index contributed by atoms with van der Waals surface area (Å²) in [5.74, 6) is 0. The van der Waals surface area contributed by atoms with Crippen molar-refractivity contribution in [3.63, 3.8) is 0 Å². The molecule has 0 aromatic heterocycles. The monoisotopic (exact) mass is 313 g/mol. The molecule has 0 heterocycles. The molecule has 0 bridgehead atoms. The van der Waals surface area contributed by atoms with Gasteiger partial charge >= 0.3 is 0 Å². The minimum Gasteiger partial charge on any atom is -0.394 e. The average molecular weight is 314 g/mol. The summed E-state index contributed by atoms with van der Waals surface area (Å²) in [7, 11) is 0. The van der Waals surface area contributed by atoms with Gasteiger partial charge < -0.3 is 5.11 Å². The molecule has 1 aromatic rings. The van der Waals surface area contributed by atoms with Gasteiger partial charge in [0, 0.05) is 9.39 Å². The summed E-state index contributed by atoms with van der Waals surface area (Å²) in [5, 5.41) is 9.36. The lowest BCUT2D eigenvalue weighted by atomic mass is 10.1. The second-order valence-electron chi connectivity index (χ2n) is 3.47. The molecule has 0 saturated heterocycles. The third-order valence-electron chi connectivity index (χ3n) is 2.25. The molecule has 1 rings (SSSR count). The lowest BCUT2D eigenvalue weighted by Crippen LogP contribution is -2.18. The summed E-state index contributed by atoms with van der Waals surface area (Å²) < 4.78 is 4.19. The Hall–Kier alpha value is -0.550. The summed E-state index contributed by atoms with van der Waals surface area (Å²) in [5.41, 5.74) is 1.07. The van der Waals surface area contributed by atoms with Crippen molar-refractivity contribution in [2.24, 2.45) is 0 Å². The molecule has 0 aliphatic heterocycles. The highest BCUT2D eigenvalue weighted by Crippen LogP contribution is 2.24. The molecule has 2 nitrogen and oxygen atoms in total. The minimum atomic E-state index is -0.0683. The van der Waals surface area contributed by atoms with E-state index in [1.165, 1.54) is 11.9 Å². The number of nitrogens with one attached hydrogen (secondary N) is 1. The van der Waals surface area contributed by atoms with Crippen molar-refractivity contribution >= 4 is 27.9 Å². The van der Waals surface area contributed by atoms with Gasteiger partial charge in [0.05, 0.1) is 12.6 Å². The normalized spacial score (nSPS) is 14.1. The summed E-state index contributed by atoms with van der Waals surface area (Å²) in [6.07, 6.45) is 1.75. The Morgan fingerprint density at radius 1 is 1.53 bits per heavy atom. The summed E-state index contributed by atoms with van der Waals surface area (Å²) in [4.78, 5) is 1.08. The van der Waals surface area contributed by atoms with E-state index in [9.17, 15) is 5.11 Å². The first-order valence-corrected chi connectivity index (χ1v) is 6.87. The van der Waals surface area contributed by atoms with Crippen molar-refractivity contribution in [2.75, 3.05) is 6.61 Å². The van der Waals surface area contributed by atoms with Crippen LogP contribution in [0.4, 0.5) is 0 Å². The van der Waals surface area contributed by atoms with Gasteiger partial charge in [0.15, 0.2) is 0 Å². The lowest BCUT2D eigenvalue weighted by Gasteiger charge is -2.16. The first kappa shape index (κ1) is 14.5. The molecule has 0 fully saturated rings. The Kier molecular flexibility index (Phi) is 6.58. The summed E-state index contributed by atoms with van der Waals surface area (Å²) >= 11 is 4.90. The maximum absolute atomic E-state index is 9.36. The number of allylic oxidation sites excluding steroid dienone is 3. The first-order chi connectivity index (χ1) is 8.19. The van der Waals surface area contributed by atoms with Crippen molar-refractivity contribution in [3.8, 4) is 0 Å². The Morgan fingerprint density at radius 2 is 2.18 bits per heavy atom. The van der Waals surface area contributed by atoms with E-state index in [0.717, 1.165) is 15.0 Å². The molecule has 1 atom stereocenters. The minimum absolute atomic E-state index is 0.0655. The van der Waals surface area contributed by atoms with Gasteiger partial charge in [0.1, 0.15) is 0 Å². The number of aliphatic hydroxyl groups is 1. The van der Waals surface area contributed by atoms with Crippen LogP contribution < -0.4 is 4.72 Å². The van der Waals surface area contributed by atoms with Gasteiger partial charge in [-0.2, -0.15) is 0 Å². The molecule has 1 aromatic carbocycles. The number of hydrogen-bond donors (Lipinski definition) is 2. The Balaban J connectivity index is 2.64. The van der Waals surface area contributed by atoms with Crippen molar-refractivity contribution in [1.29, 1.82) is 0 Å². The van der Waals surface area contributed by atoms with Crippen LogP contribution in [0.2, 0.25) is 0 Å². The van der Waals surface area contributed by atoms with Crippen molar-refractivity contribution in [1.82, 2.24) is 4.72 Å². The molecular formula is C13H16BrNOS. The number of benzene rings is 1. The van der Waals surface area contributed by atoms with Crippen LogP contribution in [0.15, 0.2) is 52.4 Å². The highest BCUT2D eigenvalue weighted by molar-refractivity contribution is 9.12. The molecule has 0 saturated carbocycles. The number of rotatable bonds is 6. The maximum atomic E-state index is 9.36. The number of hydrogen-bond acceptors (Lipinski definition) is 3. The largest absolute Gasteiger partial charge is 0.394 e. The predicted molar refractivity (Wildman–Crippen MR) is 78.8 cm³/mol. The molecule has 17 heavy (non-hydrogen) atoms. The van der Waals surface area contributed by atoms with E-state index in [1.807, 2.05) is 37.3 Å². The fraction of sp³-hybridized carbons (Fsp3) is 0.231. The quantitative estimate of drug-likeness (QED) is 0.619. The van der Waals surface area contributed by atoms with E-state index >= 15 is 0 Å². The smallest absolute Gasteiger partial charge is 0.0655 e. The standard InChI is InChI=1S/C13H16BrNOS/c1-3-12(14)10(2)17-15-13(9-16)11-7-5-4-6-8-11/h3-8,13,15-16H,1,9H2,2H3/b12-10-. The van der Waals surface area contributed by atoms with Crippen molar-refractivity contribution in [3.05, 3.63) is 57.9 Å². The summed E-state index contributed by atoms with van der Waals surface area (Å²) in [6.45, 7) is 5.75. The number of aliphatic hydroxyl groups excluding tert-OH is 1. The van der Waals surface area contributed by atoms with E-state index < -0.39 is 0 Å². The zero-order valence-corrected chi connectivity index (χ0v) is 12.1. The Labute approximate surface area is 115 Å². The molecule has 4 heteroatoms. The van der Waals surface area contributed by atoms with E-state index in [-0.39, 0.29) is 12.6 Å². The topological polar surface area (TPSA) is 32.3 Å². The molecule has 1 unspecified atom stereocenters. The van der Waals surface area contributed by atoms with Gasteiger partial charge in [-0.05, 0) is 40.4 Å². The van der Waals surface area contributed by atoms with Crippen LogP contribution in [0.5, 0.6) is 0 Å². The Bertz CT molecular complexity index is 392. The average Bonchev–Trinajstić information content (AvgIpc) is 2.39. The van der Waals surface area contributed by atoms with Crippen LogP contribution in [0.25, 0.3) is 0 Å². The molecule has 0 amide bonds. The van der Waals surface area contributed by atoms with Crippen LogP contribution in [-0.2, 0) is 0 Å². The predicted octanol–water partition coefficient (Wildman–Crippen LogP) is 3.77. The van der Waals surface area contributed by atoms with Gasteiger partial charge in [0.2, 0.25) is 0 Å². The number of halogens is 1. The SMILES string of the molecule is C=C/C(Br)=C(\C)SNC(CO)c1ccccc1. The van der Waals surface area contributed by atoms with Gasteiger partial charge in [-0.3, -0.25) is 4.72 Å². The molecule has 0 aliphatic carbocycles. The first-order valence-electron chi connectivity index (χ1n) is 5.26. The molecule has 2 N–H and O–H groups in total. The van der Waals surface area contributed by atoms with E-state index in [0.29, 0.717) is 0 Å². The van der Waals surface area contributed by atoms with Gasteiger partial charge in [-0.1, -0.05) is 43.0 Å². The van der Waals surface area contributed by atoms with E-state index in [2.05, 4.69) is 27.2 Å². The third kappa shape index (κ3) is 4.68. The van der Waals surface area contributed by atoms with E-state index in [1.54, 1.807) is 6.08 Å². The van der Waals surface area contributed by atoms with Crippen LogP contribution in [0.1, 0.15) is 18.5 Å². The van der Waals surface area contributed by atoms with Crippen LogP contribution in [-0.4, -0.2) is 11.7 Å². The van der Waals surface area contributed by atoms with Crippen LogP contribution in [0.3, 0.4) is 0 Å². The van der Waals surface area contributed by atoms with Crippen LogP contribution in [0, 0.1) is 0 Å². The molecule has 0 aliphatic rings. The highest BCUT2D eigenvalue weighted by Gasteiger charge is 2.09. The molecular weight excluding hydrogens is 298 g/mol. The zero-order chi connectivity index (χ0) is 12.7. The fourth-order valence-electron chi connectivity index (χ4n) is 1.25. The summed E-state index contributed by atoms with van der Waals surface area (Å²) in [6, 6.07) is 9.82. The second-order valence-corrected chi connectivity index (χ2v) is 5.38.